The third kappa shape index (κ3) is 3.64. The van der Waals surface area contributed by atoms with Crippen LogP contribution < -0.4 is 5.32 Å². The van der Waals surface area contributed by atoms with E-state index in [0.29, 0.717) is 13.1 Å². The van der Waals surface area contributed by atoms with E-state index in [4.69, 9.17) is 0 Å². The number of hydrogen-bond acceptors (Lipinski definition) is 4. The number of rotatable bonds is 6. The molecule has 1 heterocycles. The monoisotopic (exact) mass is 231 g/mol. The van der Waals surface area contributed by atoms with Crippen LogP contribution in [0.25, 0.3) is 0 Å². The van der Waals surface area contributed by atoms with Gasteiger partial charge in [0.2, 0.25) is 0 Å². The minimum Gasteiger partial charge on any atom is -0.314 e. The fraction of sp³-hybridized carbons (Fsp3) is 0.667. The Morgan fingerprint density at radius 1 is 1.53 bits per heavy atom. The molecule has 0 amide bonds. The molecule has 5 nitrogen and oxygen atoms in total. The fourth-order valence-corrected chi connectivity index (χ4v) is 2.00. The molecule has 6 heteroatoms. The van der Waals surface area contributed by atoms with Crippen LogP contribution >= 0.6 is 0 Å². The van der Waals surface area contributed by atoms with E-state index >= 15 is 0 Å². The summed E-state index contributed by atoms with van der Waals surface area (Å²) in [6.45, 7) is 2.79. The summed E-state index contributed by atoms with van der Waals surface area (Å²) in [6.07, 6.45) is 1.69. The van der Waals surface area contributed by atoms with Gasteiger partial charge in [-0.25, -0.2) is 8.42 Å². The van der Waals surface area contributed by atoms with Gasteiger partial charge in [0.15, 0.2) is 9.84 Å². The van der Waals surface area contributed by atoms with Crippen LogP contribution in [-0.2, 0) is 22.9 Å². The summed E-state index contributed by atoms with van der Waals surface area (Å²) in [7, 11) is -1.06. The number of nitrogens with one attached hydrogen (secondary N) is 1. The van der Waals surface area contributed by atoms with Crippen molar-refractivity contribution in [2.75, 3.05) is 18.6 Å². The minimum absolute atomic E-state index is 0.155. The van der Waals surface area contributed by atoms with Gasteiger partial charge in [0, 0.05) is 18.5 Å². The molecule has 0 radical (unpaired) electrons. The molecule has 0 aliphatic rings. The summed E-state index contributed by atoms with van der Waals surface area (Å²) in [4.78, 5) is 0. The van der Waals surface area contributed by atoms with Crippen molar-refractivity contribution in [3.8, 4) is 0 Å². The molecule has 15 heavy (non-hydrogen) atoms. The van der Waals surface area contributed by atoms with E-state index in [1.807, 2.05) is 13.1 Å². The van der Waals surface area contributed by atoms with Crippen molar-refractivity contribution in [2.24, 2.45) is 0 Å². The summed E-state index contributed by atoms with van der Waals surface area (Å²) in [6, 6.07) is 1.88. The average Bonchev–Trinajstić information content (AvgIpc) is 2.64. The lowest BCUT2D eigenvalue weighted by molar-refractivity contribution is 0.569. The van der Waals surface area contributed by atoms with Crippen molar-refractivity contribution in [1.29, 1.82) is 0 Å². The van der Waals surface area contributed by atoms with Gasteiger partial charge in [-0.15, -0.1) is 0 Å². The Kier molecular flexibility index (Phi) is 4.28. The van der Waals surface area contributed by atoms with E-state index in [2.05, 4.69) is 10.4 Å². The Morgan fingerprint density at radius 3 is 2.87 bits per heavy atom. The highest BCUT2D eigenvalue weighted by molar-refractivity contribution is 7.91. The fourth-order valence-electron chi connectivity index (χ4n) is 1.26. The topological polar surface area (TPSA) is 64.0 Å². The Labute approximate surface area is 90.4 Å². The van der Waals surface area contributed by atoms with Gasteiger partial charge in [-0.1, -0.05) is 6.92 Å². The smallest absolute Gasteiger partial charge is 0.151 e. The van der Waals surface area contributed by atoms with Crippen molar-refractivity contribution in [2.45, 2.75) is 20.0 Å². The summed E-state index contributed by atoms with van der Waals surface area (Å²) >= 11 is 0. The molecule has 1 aromatic heterocycles. The largest absolute Gasteiger partial charge is 0.314 e. The van der Waals surface area contributed by atoms with Gasteiger partial charge in [0.1, 0.15) is 0 Å². The number of hydrogen-bond donors (Lipinski definition) is 1. The van der Waals surface area contributed by atoms with Gasteiger partial charge in [-0.3, -0.25) is 4.68 Å². The van der Waals surface area contributed by atoms with E-state index in [0.717, 1.165) is 5.69 Å². The van der Waals surface area contributed by atoms with E-state index in [9.17, 15) is 8.42 Å². The van der Waals surface area contributed by atoms with Crippen molar-refractivity contribution in [1.82, 2.24) is 15.1 Å². The van der Waals surface area contributed by atoms with Crippen LogP contribution in [0, 0.1) is 0 Å². The standard InChI is InChI=1S/C9H17N3O2S/c1-3-15(13,14)7-6-12-9(8-10-2)4-5-11-12/h4-5,10H,3,6-8H2,1-2H3. The first-order chi connectivity index (χ1) is 7.09. The Balaban J connectivity index is 2.61. The van der Waals surface area contributed by atoms with Gasteiger partial charge in [0.05, 0.1) is 18.0 Å². The van der Waals surface area contributed by atoms with E-state index in [-0.39, 0.29) is 11.5 Å². The summed E-state index contributed by atoms with van der Waals surface area (Å²) in [5, 5.41) is 7.10. The molecule has 86 valence electrons. The molecule has 0 aliphatic carbocycles. The Morgan fingerprint density at radius 2 is 2.27 bits per heavy atom. The first kappa shape index (κ1) is 12.2. The molecule has 0 aliphatic heterocycles. The van der Waals surface area contributed by atoms with Crippen molar-refractivity contribution >= 4 is 9.84 Å². The van der Waals surface area contributed by atoms with Gasteiger partial charge in [-0.2, -0.15) is 5.10 Å². The number of sulfone groups is 1. The van der Waals surface area contributed by atoms with Crippen LogP contribution in [0.4, 0.5) is 0 Å². The molecule has 0 aromatic carbocycles. The van der Waals surface area contributed by atoms with Crippen LogP contribution in [0.15, 0.2) is 12.3 Å². The molecule has 1 rings (SSSR count). The van der Waals surface area contributed by atoms with Crippen LogP contribution in [0.1, 0.15) is 12.6 Å². The Hall–Kier alpha value is -0.880. The number of aromatic nitrogens is 2. The maximum absolute atomic E-state index is 11.3. The highest BCUT2D eigenvalue weighted by Gasteiger charge is 2.09. The highest BCUT2D eigenvalue weighted by Crippen LogP contribution is 2.00. The van der Waals surface area contributed by atoms with Crippen LogP contribution in [0.5, 0.6) is 0 Å². The summed E-state index contributed by atoms with van der Waals surface area (Å²) < 4.78 is 24.3. The molecular weight excluding hydrogens is 214 g/mol. The first-order valence-corrected chi connectivity index (χ1v) is 6.77. The predicted molar refractivity (Wildman–Crippen MR) is 59.3 cm³/mol. The maximum Gasteiger partial charge on any atom is 0.151 e. The average molecular weight is 231 g/mol. The lowest BCUT2D eigenvalue weighted by Crippen LogP contribution is -2.18. The molecule has 1 aromatic rings. The molecule has 0 unspecified atom stereocenters. The normalized spacial score (nSPS) is 11.9. The molecule has 0 spiro atoms. The second-order valence-electron chi connectivity index (χ2n) is 3.31. The maximum atomic E-state index is 11.3. The molecular formula is C9H17N3O2S. The first-order valence-electron chi connectivity index (χ1n) is 4.94. The van der Waals surface area contributed by atoms with Crippen molar-refractivity contribution in [3.63, 3.8) is 0 Å². The number of aryl methyl sites for hydroxylation is 1. The zero-order chi connectivity index (χ0) is 11.3. The highest BCUT2D eigenvalue weighted by atomic mass is 32.2. The molecule has 0 bridgehead atoms. The minimum atomic E-state index is -2.91. The van der Waals surface area contributed by atoms with Crippen LogP contribution in [0.3, 0.4) is 0 Å². The molecule has 0 saturated heterocycles. The van der Waals surface area contributed by atoms with Gasteiger partial charge in [0.25, 0.3) is 0 Å². The van der Waals surface area contributed by atoms with E-state index in [1.54, 1.807) is 17.8 Å². The quantitative estimate of drug-likeness (QED) is 0.750. The third-order valence-electron chi connectivity index (χ3n) is 2.22. The second kappa shape index (κ2) is 5.27. The van der Waals surface area contributed by atoms with E-state index < -0.39 is 9.84 Å². The number of nitrogens with zero attached hydrogens (tertiary/aromatic N) is 2. The van der Waals surface area contributed by atoms with Crippen molar-refractivity contribution in [3.05, 3.63) is 18.0 Å². The van der Waals surface area contributed by atoms with Crippen LogP contribution in [-0.4, -0.2) is 36.8 Å². The predicted octanol–water partition coefficient (Wildman–Crippen LogP) is 0.0372. The second-order valence-corrected chi connectivity index (χ2v) is 5.79. The zero-order valence-electron chi connectivity index (χ0n) is 9.10. The van der Waals surface area contributed by atoms with E-state index in [1.165, 1.54) is 0 Å². The summed E-state index contributed by atoms with van der Waals surface area (Å²) in [5.74, 6) is 0.345. The van der Waals surface area contributed by atoms with Crippen molar-refractivity contribution < 1.29 is 8.42 Å². The third-order valence-corrected chi connectivity index (χ3v) is 3.90. The molecule has 0 saturated carbocycles. The SMILES string of the molecule is CCS(=O)(=O)CCn1nccc1CNC. The lowest BCUT2D eigenvalue weighted by atomic mass is 10.4. The van der Waals surface area contributed by atoms with Crippen LogP contribution in [0.2, 0.25) is 0 Å². The molecule has 0 fully saturated rings. The summed E-state index contributed by atoms with van der Waals surface area (Å²) in [5.41, 5.74) is 1.00. The molecule has 0 atom stereocenters. The lowest BCUT2D eigenvalue weighted by Gasteiger charge is -2.06. The zero-order valence-corrected chi connectivity index (χ0v) is 9.92. The molecule has 1 N–H and O–H groups in total. The van der Waals surface area contributed by atoms with Gasteiger partial charge < -0.3 is 5.32 Å². The van der Waals surface area contributed by atoms with Gasteiger partial charge >= 0.3 is 0 Å². The Bertz CT molecular complexity index is 397. The van der Waals surface area contributed by atoms with Gasteiger partial charge in [-0.05, 0) is 13.1 Å².